The van der Waals surface area contributed by atoms with E-state index in [2.05, 4.69) is 24.5 Å². The molecule has 3 amide bonds. The van der Waals surface area contributed by atoms with Gasteiger partial charge in [0.15, 0.2) is 0 Å². The topological polar surface area (TPSA) is 78.5 Å². The first-order chi connectivity index (χ1) is 13.3. The minimum atomic E-state index is -1.24. The van der Waals surface area contributed by atoms with Gasteiger partial charge in [0.05, 0.1) is 11.8 Å². The largest absolute Gasteiger partial charge is 0.324 e. The van der Waals surface area contributed by atoms with Crippen molar-refractivity contribution in [2.75, 3.05) is 11.9 Å². The molecule has 28 heavy (non-hydrogen) atoms. The molecule has 2 saturated heterocycles. The Bertz CT molecular complexity index is 855. The van der Waals surface area contributed by atoms with Gasteiger partial charge in [-0.1, -0.05) is 38.8 Å². The Morgan fingerprint density at radius 3 is 2.64 bits per heavy atom. The van der Waals surface area contributed by atoms with Crippen LogP contribution >= 0.6 is 11.6 Å². The SMILES string of the molecule is CCCCN1C(=O)[C@@H]2[C@H](CC(C)C)N[C@]3(C(=O)Nc4ccc(Cl)cc43)[C@@H]2C1=O. The molecule has 0 saturated carbocycles. The second-order valence-corrected chi connectivity index (χ2v) is 8.95. The lowest BCUT2D eigenvalue weighted by atomic mass is 9.76. The lowest BCUT2D eigenvalue weighted by Gasteiger charge is -2.30. The van der Waals surface area contributed by atoms with E-state index in [-0.39, 0.29) is 23.8 Å². The van der Waals surface area contributed by atoms with Gasteiger partial charge in [-0.2, -0.15) is 0 Å². The minimum absolute atomic E-state index is 0.151. The minimum Gasteiger partial charge on any atom is -0.324 e. The highest BCUT2D eigenvalue weighted by Gasteiger charge is 2.70. The van der Waals surface area contributed by atoms with Gasteiger partial charge < -0.3 is 5.32 Å². The van der Waals surface area contributed by atoms with Crippen LogP contribution in [0, 0.1) is 17.8 Å². The maximum atomic E-state index is 13.4. The van der Waals surface area contributed by atoms with E-state index in [4.69, 9.17) is 11.6 Å². The molecule has 2 fully saturated rings. The van der Waals surface area contributed by atoms with Crippen LogP contribution in [-0.2, 0) is 19.9 Å². The summed E-state index contributed by atoms with van der Waals surface area (Å²) >= 11 is 6.23. The number of amides is 3. The highest BCUT2D eigenvalue weighted by molar-refractivity contribution is 6.31. The van der Waals surface area contributed by atoms with Crippen molar-refractivity contribution in [2.45, 2.75) is 51.6 Å². The summed E-state index contributed by atoms with van der Waals surface area (Å²) in [6.45, 7) is 6.60. The number of unbranched alkanes of at least 4 members (excludes halogenated alkanes) is 1. The van der Waals surface area contributed by atoms with Gasteiger partial charge in [-0.3, -0.25) is 24.6 Å². The second-order valence-electron chi connectivity index (χ2n) is 8.52. The van der Waals surface area contributed by atoms with E-state index in [1.54, 1.807) is 18.2 Å². The summed E-state index contributed by atoms with van der Waals surface area (Å²) < 4.78 is 0. The van der Waals surface area contributed by atoms with E-state index in [1.165, 1.54) is 4.90 Å². The maximum absolute atomic E-state index is 13.4. The number of benzene rings is 1. The normalized spacial score (nSPS) is 31.1. The van der Waals surface area contributed by atoms with E-state index in [9.17, 15) is 14.4 Å². The summed E-state index contributed by atoms with van der Waals surface area (Å²) in [5.41, 5.74) is 0.0842. The van der Waals surface area contributed by atoms with Crippen LogP contribution in [0.2, 0.25) is 5.02 Å². The standard InChI is InChI=1S/C21H26ClN3O3/c1-4-5-8-25-18(26)16-15(9-11(2)3)24-21(17(16)19(25)27)13-10-12(22)6-7-14(13)23-20(21)28/h6-7,10-11,15-17,24H,4-5,8-9H2,1-3H3,(H,23,28)/t15-,16+,17-,21-/m0/s1. The molecule has 1 aromatic rings. The van der Waals surface area contributed by atoms with Crippen molar-refractivity contribution in [3.8, 4) is 0 Å². The third kappa shape index (κ3) is 2.61. The van der Waals surface area contributed by atoms with E-state index < -0.39 is 17.4 Å². The Morgan fingerprint density at radius 1 is 1.21 bits per heavy atom. The number of fused-ring (bicyclic) bond motifs is 4. The molecule has 0 radical (unpaired) electrons. The van der Waals surface area contributed by atoms with Crippen LogP contribution in [0.25, 0.3) is 0 Å². The summed E-state index contributed by atoms with van der Waals surface area (Å²) in [7, 11) is 0. The lowest BCUT2D eigenvalue weighted by Crippen LogP contribution is -2.53. The molecule has 3 heterocycles. The van der Waals surface area contributed by atoms with Crippen molar-refractivity contribution in [3.63, 3.8) is 0 Å². The molecule has 4 atom stereocenters. The smallest absolute Gasteiger partial charge is 0.250 e. The Morgan fingerprint density at radius 2 is 1.96 bits per heavy atom. The summed E-state index contributed by atoms with van der Waals surface area (Å²) in [6.07, 6.45) is 2.37. The van der Waals surface area contributed by atoms with Crippen molar-refractivity contribution in [2.24, 2.45) is 17.8 Å². The number of hydrogen-bond donors (Lipinski definition) is 2. The van der Waals surface area contributed by atoms with Gasteiger partial charge in [0, 0.05) is 28.9 Å². The predicted octanol–water partition coefficient (Wildman–Crippen LogP) is 2.91. The first kappa shape index (κ1) is 19.4. The molecule has 6 nitrogen and oxygen atoms in total. The average Bonchev–Trinajstić information content (AvgIpc) is 3.19. The van der Waals surface area contributed by atoms with Crippen LogP contribution in [0.1, 0.15) is 45.6 Å². The van der Waals surface area contributed by atoms with Gasteiger partial charge in [0.1, 0.15) is 5.54 Å². The van der Waals surface area contributed by atoms with Crippen molar-refractivity contribution in [3.05, 3.63) is 28.8 Å². The maximum Gasteiger partial charge on any atom is 0.250 e. The summed E-state index contributed by atoms with van der Waals surface area (Å²) in [5.74, 6) is -1.61. The number of imide groups is 1. The van der Waals surface area contributed by atoms with Crippen molar-refractivity contribution < 1.29 is 14.4 Å². The van der Waals surface area contributed by atoms with Gasteiger partial charge >= 0.3 is 0 Å². The number of nitrogens with one attached hydrogen (secondary N) is 2. The van der Waals surface area contributed by atoms with Crippen molar-refractivity contribution in [1.82, 2.24) is 10.2 Å². The Hall–Kier alpha value is -1.92. The molecule has 0 bridgehead atoms. The molecule has 7 heteroatoms. The fourth-order valence-corrected chi connectivity index (χ4v) is 5.25. The first-order valence-electron chi connectivity index (χ1n) is 10.1. The number of anilines is 1. The zero-order valence-electron chi connectivity index (χ0n) is 16.4. The molecule has 0 aromatic heterocycles. The van der Waals surface area contributed by atoms with Crippen LogP contribution in [0.4, 0.5) is 5.69 Å². The number of carbonyl (C=O) groups is 3. The van der Waals surface area contributed by atoms with Crippen molar-refractivity contribution >= 4 is 35.0 Å². The zero-order chi connectivity index (χ0) is 20.2. The molecule has 1 aromatic carbocycles. The first-order valence-corrected chi connectivity index (χ1v) is 10.4. The van der Waals surface area contributed by atoms with E-state index in [0.29, 0.717) is 35.2 Å². The Labute approximate surface area is 170 Å². The van der Waals surface area contributed by atoms with Gasteiger partial charge in [-0.15, -0.1) is 0 Å². The number of carbonyl (C=O) groups excluding carboxylic acids is 3. The van der Waals surface area contributed by atoms with Crippen LogP contribution in [0.5, 0.6) is 0 Å². The Kier molecular flexibility index (Phi) is 4.74. The number of likely N-dealkylation sites (tertiary alicyclic amines) is 1. The molecule has 3 aliphatic heterocycles. The van der Waals surface area contributed by atoms with Crippen LogP contribution in [-0.4, -0.2) is 35.2 Å². The molecule has 0 aliphatic carbocycles. The van der Waals surface area contributed by atoms with Gasteiger partial charge in [0.25, 0.3) is 0 Å². The average molecular weight is 404 g/mol. The predicted molar refractivity (Wildman–Crippen MR) is 107 cm³/mol. The fourth-order valence-electron chi connectivity index (χ4n) is 5.08. The highest BCUT2D eigenvalue weighted by Crippen LogP contribution is 2.54. The molecule has 4 rings (SSSR count). The third-order valence-corrected chi connectivity index (χ3v) is 6.46. The van der Waals surface area contributed by atoms with E-state index >= 15 is 0 Å². The molecule has 150 valence electrons. The Balaban J connectivity index is 1.84. The summed E-state index contributed by atoms with van der Waals surface area (Å²) in [4.78, 5) is 41.2. The van der Waals surface area contributed by atoms with E-state index in [0.717, 1.165) is 12.8 Å². The second kappa shape index (κ2) is 6.85. The number of rotatable bonds is 5. The molecule has 0 unspecified atom stereocenters. The fraction of sp³-hybridized carbons (Fsp3) is 0.571. The highest BCUT2D eigenvalue weighted by atomic mass is 35.5. The number of nitrogens with zero attached hydrogens (tertiary/aromatic N) is 1. The van der Waals surface area contributed by atoms with Gasteiger partial charge in [-0.25, -0.2) is 0 Å². The molecular formula is C21H26ClN3O3. The number of hydrogen-bond acceptors (Lipinski definition) is 4. The molecular weight excluding hydrogens is 378 g/mol. The monoisotopic (exact) mass is 403 g/mol. The van der Waals surface area contributed by atoms with Gasteiger partial charge in [-0.05, 0) is 37.0 Å². The van der Waals surface area contributed by atoms with Crippen LogP contribution in [0.3, 0.4) is 0 Å². The van der Waals surface area contributed by atoms with Crippen LogP contribution < -0.4 is 10.6 Å². The quantitative estimate of drug-likeness (QED) is 0.741. The molecule has 1 spiro atoms. The van der Waals surface area contributed by atoms with Crippen LogP contribution in [0.15, 0.2) is 18.2 Å². The summed E-state index contributed by atoms with van der Waals surface area (Å²) in [5, 5.41) is 6.83. The zero-order valence-corrected chi connectivity index (χ0v) is 17.2. The molecule has 2 N–H and O–H groups in total. The number of halogens is 1. The van der Waals surface area contributed by atoms with E-state index in [1.807, 2.05) is 6.92 Å². The summed E-state index contributed by atoms with van der Waals surface area (Å²) in [6, 6.07) is 4.98. The third-order valence-electron chi connectivity index (χ3n) is 6.23. The van der Waals surface area contributed by atoms with Crippen molar-refractivity contribution in [1.29, 1.82) is 0 Å². The lowest BCUT2D eigenvalue weighted by molar-refractivity contribution is -0.142. The molecule has 3 aliphatic rings. The van der Waals surface area contributed by atoms with Gasteiger partial charge in [0.2, 0.25) is 17.7 Å².